The van der Waals surface area contributed by atoms with Crippen LogP contribution >= 0.6 is 0 Å². The molecule has 0 radical (unpaired) electrons. The van der Waals surface area contributed by atoms with Gasteiger partial charge in [0.2, 0.25) is 0 Å². The van der Waals surface area contributed by atoms with E-state index >= 15 is 0 Å². The van der Waals surface area contributed by atoms with Crippen molar-refractivity contribution in [2.75, 3.05) is 0 Å². The van der Waals surface area contributed by atoms with Gasteiger partial charge in [0.15, 0.2) is 0 Å². The average molecular weight is 244 g/mol. The van der Waals surface area contributed by atoms with E-state index in [1.807, 2.05) is 12.3 Å². The summed E-state index contributed by atoms with van der Waals surface area (Å²) >= 11 is 0. The molecule has 1 N–H and O–H groups in total. The minimum Gasteiger partial charge on any atom is -0.306 e. The molecule has 2 aliphatic rings. The fourth-order valence-corrected chi connectivity index (χ4v) is 3.45. The van der Waals surface area contributed by atoms with Crippen molar-refractivity contribution in [2.45, 2.75) is 57.5 Å². The molecule has 2 saturated carbocycles. The summed E-state index contributed by atoms with van der Waals surface area (Å²) < 4.78 is 0. The van der Waals surface area contributed by atoms with Crippen LogP contribution in [-0.4, -0.2) is 11.0 Å². The normalized spacial score (nSPS) is 30.1. The summed E-state index contributed by atoms with van der Waals surface area (Å²) in [5.74, 6) is 2.08. The quantitative estimate of drug-likeness (QED) is 0.873. The maximum absolute atomic E-state index is 4.45. The van der Waals surface area contributed by atoms with Crippen LogP contribution in [0, 0.1) is 11.8 Å². The van der Waals surface area contributed by atoms with Gasteiger partial charge in [0.1, 0.15) is 0 Å². The van der Waals surface area contributed by atoms with Crippen LogP contribution in [0.15, 0.2) is 24.4 Å². The highest BCUT2D eigenvalue weighted by atomic mass is 15.0. The van der Waals surface area contributed by atoms with Gasteiger partial charge in [0, 0.05) is 18.3 Å². The Morgan fingerprint density at radius 1 is 1.17 bits per heavy atom. The molecule has 0 aromatic carbocycles. The Morgan fingerprint density at radius 2 is 2.06 bits per heavy atom. The Balaban J connectivity index is 1.55. The molecule has 1 aromatic rings. The molecule has 3 atom stereocenters. The van der Waals surface area contributed by atoms with Crippen molar-refractivity contribution in [3.8, 4) is 0 Å². The van der Waals surface area contributed by atoms with E-state index in [1.165, 1.54) is 44.2 Å². The molecule has 3 rings (SSSR count). The third kappa shape index (κ3) is 2.92. The second-order valence-corrected chi connectivity index (χ2v) is 6.10. The summed E-state index contributed by atoms with van der Waals surface area (Å²) in [6.45, 7) is 2.24. The highest BCUT2D eigenvalue weighted by molar-refractivity contribution is 5.08. The molecule has 0 spiro atoms. The zero-order valence-corrected chi connectivity index (χ0v) is 11.3. The van der Waals surface area contributed by atoms with E-state index in [9.17, 15) is 0 Å². The van der Waals surface area contributed by atoms with Crippen LogP contribution in [0.4, 0.5) is 0 Å². The third-order valence-electron chi connectivity index (χ3n) is 4.62. The first-order chi connectivity index (χ1) is 8.83. The summed E-state index contributed by atoms with van der Waals surface area (Å²) in [5, 5.41) is 3.79. The first kappa shape index (κ1) is 12.2. The van der Waals surface area contributed by atoms with E-state index in [4.69, 9.17) is 0 Å². The molecular weight excluding hydrogens is 220 g/mol. The summed E-state index contributed by atoms with van der Waals surface area (Å²) in [6, 6.07) is 7.28. The van der Waals surface area contributed by atoms with Crippen molar-refractivity contribution < 1.29 is 0 Å². The zero-order valence-electron chi connectivity index (χ0n) is 11.3. The Labute approximate surface area is 110 Å². The lowest BCUT2D eigenvalue weighted by molar-refractivity contribution is 0.248. The van der Waals surface area contributed by atoms with Crippen LogP contribution < -0.4 is 5.32 Å². The van der Waals surface area contributed by atoms with Gasteiger partial charge in [-0.2, -0.15) is 0 Å². The number of nitrogens with zero attached hydrogens (tertiary/aromatic N) is 1. The summed E-state index contributed by atoms with van der Waals surface area (Å²) in [4.78, 5) is 4.45. The number of nitrogens with one attached hydrogen (secondary N) is 1. The van der Waals surface area contributed by atoms with Gasteiger partial charge < -0.3 is 5.32 Å². The van der Waals surface area contributed by atoms with E-state index in [1.54, 1.807) is 0 Å². The highest BCUT2D eigenvalue weighted by Crippen LogP contribution is 2.44. The van der Waals surface area contributed by atoms with E-state index in [0.717, 1.165) is 11.8 Å². The van der Waals surface area contributed by atoms with Crippen molar-refractivity contribution in [3.05, 3.63) is 30.1 Å². The Hall–Kier alpha value is -0.890. The maximum Gasteiger partial charge on any atom is 0.0570 e. The van der Waals surface area contributed by atoms with Crippen molar-refractivity contribution >= 4 is 0 Å². The van der Waals surface area contributed by atoms with Gasteiger partial charge in [0.05, 0.1) is 5.69 Å². The van der Waals surface area contributed by atoms with Crippen LogP contribution in [0.2, 0.25) is 0 Å². The van der Waals surface area contributed by atoms with Crippen LogP contribution in [0.3, 0.4) is 0 Å². The Morgan fingerprint density at radius 3 is 2.78 bits per heavy atom. The minimum absolute atomic E-state index is 0.383. The van der Waals surface area contributed by atoms with Crippen LogP contribution in [0.1, 0.15) is 57.2 Å². The van der Waals surface area contributed by atoms with Crippen LogP contribution in [0.25, 0.3) is 0 Å². The number of hydrogen-bond donors (Lipinski definition) is 1. The summed E-state index contributed by atoms with van der Waals surface area (Å²) in [5.41, 5.74) is 1.17. The van der Waals surface area contributed by atoms with Crippen LogP contribution in [-0.2, 0) is 0 Å². The predicted molar refractivity (Wildman–Crippen MR) is 74.3 cm³/mol. The topological polar surface area (TPSA) is 24.9 Å². The highest BCUT2D eigenvalue weighted by Gasteiger charge is 2.34. The molecule has 2 nitrogen and oxygen atoms in total. The number of rotatable bonds is 4. The largest absolute Gasteiger partial charge is 0.306 e. The second kappa shape index (κ2) is 5.40. The molecule has 2 aliphatic carbocycles. The SMILES string of the molecule is CC(NC1CCCC(C2CC2)C1)c1ccccn1. The summed E-state index contributed by atoms with van der Waals surface area (Å²) in [6.07, 6.45) is 10.5. The Bertz CT molecular complexity index is 372. The fourth-order valence-electron chi connectivity index (χ4n) is 3.45. The zero-order chi connectivity index (χ0) is 12.4. The lowest BCUT2D eigenvalue weighted by Gasteiger charge is -2.32. The lowest BCUT2D eigenvalue weighted by Crippen LogP contribution is -2.36. The summed E-state index contributed by atoms with van der Waals surface area (Å²) in [7, 11) is 0. The van der Waals surface area contributed by atoms with E-state index in [0.29, 0.717) is 12.1 Å². The molecular formula is C16H24N2. The molecule has 0 saturated heterocycles. The first-order valence-corrected chi connectivity index (χ1v) is 7.50. The van der Waals surface area contributed by atoms with Gasteiger partial charge in [-0.15, -0.1) is 0 Å². The predicted octanol–water partition coefficient (Wildman–Crippen LogP) is 3.70. The molecule has 0 aliphatic heterocycles. The molecule has 3 unspecified atom stereocenters. The second-order valence-electron chi connectivity index (χ2n) is 6.10. The monoisotopic (exact) mass is 244 g/mol. The molecule has 2 fully saturated rings. The van der Waals surface area contributed by atoms with Crippen molar-refractivity contribution in [1.82, 2.24) is 10.3 Å². The van der Waals surface area contributed by atoms with Gasteiger partial charge in [0.25, 0.3) is 0 Å². The van der Waals surface area contributed by atoms with E-state index in [-0.39, 0.29) is 0 Å². The Kier molecular flexibility index (Phi) is 3.64. The molecule has 0 amide bonds. The first-order valence-electron chi connectivity index (χ1n) is 7.50. The molecule has 0 bridgehead atoms. The van der Waals surface area contributed by atoms with Gasteiger partial charge in [-0.3, -0.25) is 4.98 Å². The number of pyridine rings is 1. The van der Waals surface area contributed by atoms with Gasteiger partial charge in [-0.1, -0.05) is 18.9 Å². The number of hydrogen-bond acceptors (Lipinski definition) is 2. The molecule has 1 aromatic heterocycles. The van der Waals surface area contributed by atoms with E-state index < -0.39 is 0 Å². The van der Waals surface area contributed by atoms with Gasteiger partial charge in [-0.05, 0) is 56.6 Å². The van der Waals surface area contributed by atoms with Gasteiger partial charge in [-0.25, -0.2) is 0 Å². The van der Waals surface area contributed by atoms with E-state index in [2.05, 4.69) is 29.4 Å². The fraction of sp³-hybridized carbons (Fsp3) is 0.688. The van der Waals surface area contributed by atoms with Crippen molar-refractivity contribution in [1.29, 1.82) is 0 Å². The molecule has 2 heteroatoms. The minimum atomic E-state index is 0.383. The number of aromatic nitrogens is 1. The molecule has 98 valence electrons. The van der Waals surface area contributed by atoms with Crippen LogP contribution in [0.5, 0.6) is 0 Å². The molecule has 18 heavy (non-hydrogen) atoms. The van der Waals surface area contributed by atoms with Crippen molar-refractivity contribution in [3.63, 3.8) is 0 Å². The maximum atomic E-state index is 4.45. The van der Waals surface area contributed by atoms with Crippen molar-refractivity contribution in [2.24, 2.45) is 11.8 Å². The third-order valence-corrected chi connectivity index (χ3v) is 4.62. The van der Waals surface area contributed by atoms with Gasteiger partial charge >= 0.3 is 0 Å². The molecule has 1 heterocycles. The lowest BCUT2D eigenvalue weighted by atomic mass is 9.82. The average Bonchev–Trinajstić information content (AvgIpc) is 3.24. The smallest absolute Gasteiger partial charge is 0.0570 e. The standard InChI is InChI=1S/C16H24N2/c1-12(16-7-2-3-10-17-16)18-15-6-4-5-14(11-15)13-8-9-13/h2-3,7,10,12-15,18H,4-6,8-9,11H2,1H3.